The number of anilines is 1. The molecule has 2 aromatic rings. The van der Waals surface area contributed by atoms with Crippen LogP contribution in [-0.4, -0.2) is 15.2 Å². The van der Waals surface area contributed by atoms with Gasteiger partial charge in [-0.05, 0) is 48.0 Å². The molecule has 2 heterocycles. The van der Waals surface area contributed by atoms with E-state index in [0.29, 0.717) is 14.9 Å². The van der Waals surface area contributed by atoms with Crippen molar-refractivity contribution < 1.29 is 9.18 Å². The van der Waals surface area contributed by atoms with Crippen molar-refractivity contribution in [2.75, 3.05) is 4.90 Å². The molecule has 0 bridgehead atoms. The zero-order valence-electron chi connectivity index (χ0n) is 10.7. The standard InChI is InChI=1S/C15H9FN2OS2/c16-11-1-3-12(4-2-11)18-14(19)13(21-15(18)20)9-10-5-7-17-8-6-10/h1-9H/b13-9-. The number of nitrogens with zero attached hydrogens (tertiary/aromatic N) is 2. The third kappa shape index (κ3) is 2.86. The van der Waals surface area contributed by atoms with Gasteiger partial charge in [0.1, 0.15) is 5.82 Å². The minimum Gasteiger partial charge on any atom is -0.268 e. The van der Waals surface area contributed by atoms with E-state index in [1.165, 1.54) is 40.9 Å². The maximum absolute atomic E-state index is 13.0. The molecule has 1 aromatic heterocycles. The largest absolute Gasteiger partial charge is 0.270 e. The average molecular weight is 316 g/mol. The van der Waals surface area contributed by atoms with Crippen molar-refractivity contribution in [3.05, 3.63) is 65.1 Å². The number of carbonyl (C=O) groups excluding carboxylic acids is 1. The number of rotatable bonds is 2. The van der Waals surface area contributed by atoms with Gasteiger partial charge in [0, 0.05) is 12.4 Å². The fraction of sp³-hybridized carbons (Fsp3) is 0. The van der Waals surface area contributed by atoms with Gasteiger partial charge in [0.05, 0.1) is 10.6 Å². The lowest BCUT2D eigenvalue weighted by atomic mass is 10.2. The molecule has 0 spiro atoms. The van der Waals surface area contributed by atoms with Crippen LogP contribution in [0.25, 0.3) is 6.08 Å². The third-order valence-corrected chi connectivity index (χ3v) is 4.18. The van der Waals surface area contributed by atoms with Gasteiger partial charge in [-0.25, -0.2) is 4.39 Å². The zero-order chi connectivity index (χ0) is 14.8. The molecule has 3 rings (SSSR count). The monoisotopic (exact) mass is 316 g/mol. The number of hydrogen-bond acceptors (Lipinski definition) is 4. The quantitative estimate of drug-likeness (QED) is 0.626. The second-order valence-corrected chi connectivity index (χ2v) is 5.95. The molecule has 1 amide bonds. The van der Waals surface area contributed by atoms with E-state index in [4.69, 9.17) is 12.2 Å². The van der Waals surface area contributed by atoms with Gasteiger partial charge in [-0.2, -0.15) is 0 Å². The predicted molar refractivity (Wildman–Crippen MR) is 86.3 cm³/mol. The molecular weight excluding hydrogens is 307 g/mol. The first-order valence-corrected chi connectivity index (χ1v) is 7.31. The van der Waals surface area contributed by atoms with E-state index in [1.54, 1.807) is 18.5 Å². The molecule has 1 aliphatic rings. The van der Waals surface area contributed by atoms with E-state index in [9.17, 15) is 9.18 Å². The second kappa shape index (κ2) is 5.75. The maximum Gasteiger partial charge on any atom is 0.270 e. The van der Waals surface area contributed by atoms with Gasteiger partial charge in [-0.15, -0.1) is 0 Å². The Morgan fingerprint density at radius 3 is 2.48 bits per heavy atom. The second-order valence-electron chi connectivity index (χ2n) is 4.27. The van der Waals surface area contributed by atoms with Crippen molar-refractivity contribution in [1.82, 2.24) is 4.98 Å². The highest BCUT2D eigenvalue weighted by atomic mass is 32.2. The molecule has 0 saturated carbocycles. The summed E-state index contributed by atoms with van der Waals surface area (Å²) in [6.07, 6.45) is 5.09. The van der Waals surface area contributed by atoms with Crippen molar-refractivity contribution >= 4 is 46.0 Å². The van der Waals surface area contributed by atoms with Gasteiger partial charge < -0.3 is 0 Å². The Kier molecular flexibility index (Phi) is 3.81. The number of thiocarbonyl (C=S) groups is 1. The van der Waals surface area contributed by atoms with E-state index < -0.39 is 0 Å². The fourth-order valence-electron chi connectivity index (χ4n) is 1.89. The van der Waals surface area contributed by atoms with Crippen LogP contribution in [0.3, 0.4) is 0 Å². The normalized spacial score (nSPS) is 16.8. The minimum absolute atomic E-state index is 0.201. The Bertz CT molecular complexity index is 729. The van der Waals surface area contributed by atoms with E-state index in [1.807, 2.05) is 12.1 Å². The number of aromatic nitrogens is 1. The van der Waals surface area contributed by atoms with E-state index in [-0.39, 0.29) is 11.7 Å². The number of amides is 1. The molecular formula is C15H9FN2OS2. The Hall–Kier alpha value is -2.05. The summed E-state index contributed by atoms with van der Waals surface area (Å²) in [7, 11) is 0. The number of thioether (sulfide) groups is 1. The van der Waals surface area contributed by atoms with Crippen molar-refractivity contribution in [2.45, 2.75) is 0 Å². The van der Waals surface area contributed by atoms with Crippen molar-refractivity contribution in [3.63, 3.8) is 0 Å². The summed E-state index contributed by atoms with van der Waals surface area (Å²) in [5, 5.41) is 0. The summed E-state index contributed by atoms with van der Waals surface area (Å²) in [6.45, 7) is 0. The fourth-order valence-corrected chi connectivity index (χ4v) is 3.19. The van der Waals surface area contributed by atoms with Crippen LogP contribution in [0.2, 0.25) is 0 Å². The van der Waals surface area contributed by atoms with Crippen LogP contribution in [0.5, 0.6) is 0 Å². The van der Waals surface area contributed by atoms with E-state index in [0.717, 1.165) is 5.56 Å². The molecule has 104 valence electrons. The zero-order valence-corrected chi connectivity index (χ0v) is 12.3. The average Bonchev–Trinajstić information content (AvgIpc) is 2.76. The van der Waals surface area contributed by atoms with E-state index in [2.05, 4.69) is 4.98 Å². The smallest absolute Gasteiger partial charge is 0.268 e. The maximum atomic E-state index is 13.0. The van der Waals surface area contributed by atoms with Gasteiger partial charge in [-0.1, -0.05) is 24.0 Å². The molecule has 21 heavy (non-hydrogen) atoms. The molecule has 0 aliphatic carbocycles. The molecule has 1 fully saturated rings. The Balaban J connectivity index is 1.92. The summed E-state index contributed by atoms with van der Waals surface area (Å²) in [4.78, 5) is 18.3. The molecule has 0 atom stereocenters. The summed E-state index contributed by atoms with van der Waals surface area (Å²) in [5.74, 6) is -0.551. The van der Waals surface area contributed by atoms with Gasteiger partial charge in [0.25, 0.3) is 5.91 Å². The molecule has 1 aliphatic heterocycles. The highest BCUT2D eigenvalue weighted by Crippen LogP contribution is 2.35. The molecule has 0 N–H and O–H groups in total. The summed E-state index contributed by atoms with van der Waals surface area (Å²) >= 11 is 6.48. The first-order chi connectivity index (χ1) is 10.1. The summed E-state index contributed by atoms with van der Waals surface area (Å²) < 4.78 is 13.4. The molecule has 0 radical (unpaired) electrons. The molecule has 3 nitrogen and oxygen atoms in total. The van der Waals surface area contributed by atoms with Gasteiger partial charge in [-0.3, -0.25) is 14.7 Å². The van der Waals surface area contributed by atoms with Crippen molar-refractivity contribution in [1.29, 1.82) is 0 Å². The first kappa shape index (κ1) is 13.9. The number of carbonyl (C=O) groups is 1. The van der Waals surface area contributed by atoms with Crippen LogP contribution in [0.1, 0.15) is 5.56 Å². The van der Waals surface area contributed by atoms with E-state index >= 15 is 0 Å². The highest BCUT2D eigenvalue weighted by molar-refractivity contribution is 8.27. The minimum atomic E-state index is -0.350. The number of pyridine rings is 1. The predicted octanol–water partition coefficient (Wildman–Crippen LogP) is 3.63. The van der Waals surface area contributed by atoms with Gasteiger partial charge >= 0.3 is 0 Å². The van der Waals surface area contributed by atoms with Crippen molar-refractivity contribution in [3.8, 4) is 0 Å². The third-order valence-electron chi connectivity index (χ3n) is 2.88. The number of halogens is 1. The molecule has 1 saturated heterocycles. The van der Waals surface area contributed by atoms with Crippen LogP contribution in [-0.2, 0) is 4.79 Å². The highest BCUT2D eigenvalue weighted by Gasteiger charge is 2.33. The number of benzene rings is 1. The van der Waals surface area contributed by atoms with Crippen LogP contribution < -0.4 is 4.90 Å². The lowest BCUT2D eigenvalue weighted by molar-refractivity contribution is -0.113. The topological polar surface area (TPSA) is 33.2 Å². The van der Waals surface area contributed by atoms with Crippen LogP contribution in [0, 0.1) is 5.82 Å². The van der Waals surface area contributed by atoms with Crippen LogP contribution >= 0.6 is 24.0 Å². The number of hydrogen-bond donors (Lipinski definition) is 0. The Morgan fingerprint density at radius 1 is 1.14 bits per heavy atom. The lowest BCUT2D eigenvalue weighted by Crippen LogP contribution is -2.27. The van der Waals surface area contributed by atoms with Crippen LogP contribution in [0.4, 0.5) is 10.1 Å². The first-order valence-electron chi connectivity index (χ1n) is 6.09. The van der Waals surface area contributed by atoms with Gasteiger partial charge in [0.15, 0.2) is 4.32 Å². The Labute approximate surface area is 130 Å². The summed E-state index contributed by atoms with van der Waals surface area (Å²) in [5.41, 5.74) is 1.45. The lowest BCUT2D eigenvalue weighted by Gasteiger charge is -2.14. The molecule has 1 aromatic carbocycles. The SMILES string of the molecule is O=C1/C(=C/c2ccncc2)SC(=S)N1c1ccc(F)cc1. The van der Waals surface area contributed by atoms with Crippen LogP contribution in [0.15, 0.2) is 53.7 Å². The Morgan fingerprint density at radius 2 is 1.81 bits per heavy atom. The van der Waals surface area contributed by atoms with Crippen molar-refractivity contribution in [2.24, 2.45) is 0 Å². The molecule has 6 heteroatoms. The summed E-state index contributed by atoms with van der Waals surface area (Å²) in [6, 6.07) is 9.31. The van der Waals surface area contributed by atoms with Gasteiger partial charge in [0.2, 0.25) is 0 Å². The molecule has 0 unspecified atom stereocenters.